The molecule has 0 spiro atoms. The first-order valence-corrected chi connectivity index (χ1v) is 19.8. The molecule has 0 aromatic heterocycles. The van der Waals surface area contributed by atoms with Crippen molar-refractivity contribution in [1.82, 2.24) is 10.2 Å². The zero-order chi connectivity index (χ0) is 32.4. The largest absolute Gasteiger partial charge is 0.481 e. The number of carboxylic acids is 1. The fourth-order valence-corrected chi connectivity index (χ4v) is 6.25. The van der Waals surface area contributed by atoms with E-state index in [0.29, 0.717) is 6.42 Å². The second kappa shape index (κ2) is 34.8. The monoisotopic (exact) mass is 623 g/mol. The van der Waals surface area contributed by atoms with E-state index in [1.54, 1.807) is 0 Å². The summed E-state index contributed by atoms with van der Waals surface area (Å²) in [5, 5.41) is 12.8. The molecule has 5 nitrogen and oxygen atoms in total. The van der Waals surface area contributed by atoms with E-state index in [4.69, 9.17) is 0 Å². The van der Waals surface area contributed by atoms with Crippen LogP contribution in [0.2, 0.25) is 0 Å². The van der Waals surface area contributed by atoms with Crippen LogP contribution in [0.1, 0.15) is 213 Å². The van der Waals surface area contributed by atoms with Gasteiger partial charge in [0.15, 0.2) is 0 Å². The highest BCUT2D eigenvalue weighted by Crippen LogP contribution is 2.15. The van der Waals surface area contributed by atoms with Crippen molar-refractivity contribution < 1.29 is 14.7 Å². The molecule has 2 N–H and O–H groups in total. The fourth-order valence-electron chi connectivity index (χ4n) is 6.25. The quantitative estimate of drug-likeness (QED) is 0.0682. The fraction of sp³-hybridized carbons (Fsp3) is 0.949. The molecule has 1 atom stereocenters. The van der Waals surface area contributed by atoms with Crippen LogP contribution in [0.15, 0.2) is 0 Å². The number of aliphatic carboxylic acids is 1. The zero-order valence-corrected chi connectivity index (χ0v) is 30.1. The highest BCUT2D eigenvalue weighted by molar-refractivity contribution is 5.82. The van der Waals surface area contributed by atoms with E-state index >= 15 is 0 Å². The number of nitrogens with one attached hydrogen (secondary N) is 1. The summed E-state index contributed by atoms with van der Waals surface area (Å²) in [6.07, 6.45) is 36.6. The number of amides is 1. The molecule has 262 valence electrons. The maximum absolute atomic E-state index is 13.7. The van der Waals surface area contributed by atoms with Crippen molar-refractivity contribution in [2.75, 3.05) is 19.6 Å². The number of hydrogen-bond acceptors (Lipinski definition) is 3. The molecular formula is C39H78N2O3. The molecule has 0 aliphatic rings. The van der Waals surface area contributed by atoms with Gasteiger partial charge in [0.2, 0.25) is 5.91 Å². The minimum atomic E-state index is -0.814. The van der Waals surface area contributed by atoms with E-state index in [0.717, 1.165) is 38.9 Å². The summed E-state index contributed by atoms with van der Waals surface area (Å²) in [6.45, 7) is 9.19. The summed E-state index contributed by atoms with van der Waals surface area (Å²) in [7, 11) is 0. The molecule has 44 heavy (non-hydrogen) atoms. The lowest BCUT2D eigenvalue weighted by Gasteiger charge is -2.28. The van der Waals surface area contributed by atoms with Crippen LogP contribution in [0.5, 0.6) is 0 Å². The van der Waals surface area contributed by atoms with Gasteiger partial charge in [-0.25, -0.2) is 0 Å². The van der Waals surface area contributed by atoms with Crippen LogP contribution in [0.3, 0.4) is 0 Å². The van der Waals surface area contributed by atoms with Crippen LogP contribution in [0, 0.1) is 0 Å². The highest BCUT2D eigenvalue weighted by atomic mass is 16.4. The van der Waals surface area contributed by atoms with Gasteiger partial charge in [-0.2, -0.15) is 0 Å². The number of carboxylic acid groups (broad SMARTS) is 1. The molecule has 0 aliphatic carbocycles. The van der Waals surface area contributed by atoms with Gasteiger partial charge in [-0.3, -0.25) is 9.59 Å². The lowest BCUT2D eigenvalue weighted by Crippen LogP contribution is -2.47. The van der Waals surface area contributed by atoms with E-state index < -0.39 is 5.97 Å². The molecule has 0 fully saturated rings. The standard InChI is InChI=1S/C39H78N2O3/c1-4-7-10-13-16-17-18-19-20-21-22-23-24-25-26-29-34-40-37(32-33-38(42)43)39(44)41(35-30-27-14-11-8-5-2)36-31-28-15-12-9-6-3/h37,40H,4-36H2,1-3H3,(H,42,43). The maximum Gasteiger partial charge on any atom is 0.303 e. The Kier molecular flexibility index (Phi) is 33.9. The Balaban J connectivity index is 4.34. The lowest BCUT2D eigenvalue weighted by atomic mass is 10.0. The topological polar surface area (TPSA) is 69.6 Å². The van der Waals surface area contributed by atoms with Gasteiger partial charge in [0.05, 0.1) is 6.04 Å². The Morgan fingerprint density at radius 1 is 0.500 bits per heavy atom. The molecule has 0 bridgehead atoms. The van der Waals surface area contributed by atoms with E-state index in [1.165, 1.54) is 161 Å². The van der Waals surface area contributed by atoms with Gasteiger partial charge in [0, 0.05) is 19.5 Å². The van der Waals surface area contributed by atoms with E-state index in [2.05, 4.69) is 31.0 Å². The molecule has 1 unspecified atom stereocenters. The van der Waals surface area contributed by atoms with E-state index in [9.17, 15) is 14.7 Å². The summed E-state index contributed by atoms with van der Waals surface area (Å²) >= 11 is 0. The van der Waals surface area contributed by atoms with Crippen molar-refractivity contribution in [2.24, 2.45) is 0 Å². The van der Waals surface area contributed by atoms with Gasteiger partial charge in [-0.15, -0.1) is 0 Å². The second-order valence-electron chi connectivity index (χ2n) is 13.6. The Hall–Kier alpha value is -1.10. The molecule has 0 saturated carbocycles. The van der Waals surface area contributed by atoms with Crippen LogP contribution < -0.4 is 5.32 Å². The van der Waals surface area contributed by atoms with Crippen LogP contribution in [-0.4, -0.2) is 47.6 Å². The number of unbranched alkanes of at least 4 members (excludes halogenated alkanes) is 25. The molecule has 0 aromatic carbocycles. The SMILES string of the molecule is CCCCCCCCCCCCCCCCCCNC(CCC(=O)O)C(=O)N(CCCCCCCC)CCCCCCCC. The normalized spacial score (nSPS) is 12.1. The average molecular weight is 623 g/mol. The highest BCUT2D eigenvalue weighted by Gasteiger charge is 2.24. The molecule has 0 heterocycles. The third-order valence-corrected chi connectivity index (χ3v) is 9.24. The molecule has 0 saturated heterocycles. The first-order valence-electron chi connectivity index (χ1n) is 19.8. The molecule has 0 rings (SSSR count). The lowest BCUT2D eigenvalue weighted by molar-refractivity contribution is -0.138. The Morgan fingerprint density at radius 3 is 1.16 bits per heavy atom. The molecular weight excluding hydrogens is 544 g/mol. The Bertz CT molecular complexity index is 596. The van der Waals surface area contributed by atoms with Crippen molar-refractivity contribution in [2.45, 2.75) is 219 Å². The van der Waals surface area contributed by atoms with Gasteiger partial charge >= 0.3 is 5.97 Å². The predicted molar refractivity (Wildman–Crippen MR) is 192 cm³/mol. The molecule has 1 amide bonds. The molecule has 0 radical (unpaired) electrons. The average Bonchev–Trinajstić information content (AvgIpc) is 3.02. The molecule has 5 heteroatoms. The smallest absolute Gasteiger partial charge is 0.303 e. The van der Waals surface area contributed by atoms with Crippen molar-refractivity contribution in [1.29, 1.82) is 0 Å². The van der Waals surface area contributed by atoms with Gasteiger partial charge in [0.1, 0.15) is 0 Å². The van der Waals surface area contributed by atoms with Crippen molar-refractivity contribution in [3.8, 4) is 0 Å². The van der Waals surface area contributed by atoms with Gasteiger partial charge in [0.25, 0.3) is 0 Å². The van der Waals surface area contributed by atoms with Gasteiger partial charge in [-0.05, 0) is 32.2 Å². The minimum absolute atomic E-state index is 0.0459. The number of nitrogens with zero attached hydrogens (tertiary/aromatic N) is 1. The van der Waals surface area contributed by atoms with Gasteiger partial charge in [-0.1, -0.05) is 181 Å². The molecule has 0 aliphatic heterocycles. The summed E-state index contributed by atoms with van der Waals surface area (Å²) < 4.78 is 0. The number of carbonyl (C=O) groups is 2. The summed E-state index contributed by atoms with van der Waals surface area (Å²) in [5.41, 5.74) is 0. The minimum Gasteiger partial charge on any atom is -0.481 e. The van der Waals surface area contributed by atoms with E-state index in [1.807, 2.05) is 0 Å². The second-order valence-corrected chi connectivity index (χ2v) is 13.6. The van der Waals surface area contributed by atoms with Gasteiger partial charge < -0.3 is 15.3 Å². The number of hydrogen-bond donors (Lipinski definition) is 2. The first kappa shape index (κ1) is 42.9. The number of rotatable bonds is 36. The Labute approximate surface area is 275 Å². The maximum atomic E-state index is 13.7. The van der Waals surface area contributed by atoms with Crippen LogP contribution in [0.4, 0.5) is 0 Å². The van der Waals surface area contributed by atoms with E-state index in [-0.39, 0.29) is 18.4 Å². The van der Waals surface area contributed by atoms with Crippen LogP contribution in [0.25, 0.3) is 0 Å². The third-order valence-electron chi connectivity index (χ3n) is 9.24. The predicted octanol–water partition coefficient (Wildman–Crippen LogP) is 11.6. The Morgan fingerprint density at radius 2 is 0.818 bits per heavy atom. The van der Waals surface area contributed by atoms with Crippen LogP contribution in [-0.2, 0) is 9.59 Å². The summed E-state index contributed by atoms with van der Waals surface area (Å²) in [5.74, 6) is -0.685. The zero-order valence-electron chi connectivity index (χ0n) is 30.1. The summed E-state index contributed by atoms with van der Waals surface area (Å²) in [4.78, 5) is 27.1. The van der Waals surface area contributed by atoms with Crippen LogP contribution >= 0.6 is 0 Å². The van der Waals surface area contributed by atoms with Crippen molar-refractivity contribution in [3.63, 3.8) is 0 Å². The molecule has 0 aromatic rings. The van der Waals surface area contributed by atoms with Crippen molar-refractivity contribution in [3.05, 3.63) is 0 Å². The summed E-state index contributed by atoms with van der Waals surface area (Å²) in [6, 6.07) is -0.373. The first-order chi connectivity index (χ1) is 21.6. The number of carbonyl (C=O) groups excluding carboxylic acids is 1. The van der Waals surface area contributed by atoms with Crippen molar-refractivity contribution >= 4 is 11.9 Å². The third kappa shape index (κ3) is 29.6.